The Kier molecular flexibility index (Phi) is 3.09. The van der Waals surface area contributed by atoms with Crippen LogP contribution >= 0.6 is 11.6 Å². The number of carbonyl (C=O) groups is 1. The normalized spacial score (nSPS) is 24.8. The minimum Gasteiger partial charge on any atom is -0.388 e. The molecule has 1 aromatic heterocycles. The topological polar surface area (TPSA) is 73.7 Å². The van der Waals surface area contributed by atoms with Gasteiger partial charge in [0.1, 0.15) is 5.69 Å². The van der Waals surface area contributed by atoms with Crippen molar-refractivity contribution in [1.29, 1.82) is 0 Å². The van der Waals surface area contributed by atoms with E-state index in [-0.39, 0.29) is 24.7 Å². The fourth-order valence-electron chi connectivity index (χ4n) is 1.62. The lowest BCUT2D eigenvalue weighted by atomic mass is 10.3. The van der Waals surface area contributed by atoms with Crippen LogP contribution < -0.4 is 0 Å². The van der Waals surface area contributed by atoms with Crippen LogP contribution in [0.1, 0.15) is 10.5 Å². The van der Waals surface area contributed by atoms with Crippen molar-refractivity contribution >= 4 is 17.5 Å². The largest absolute Gasteiger partial charge is 0.388 e. The van der Waals surface area contributed by atoms with Crippen LogP contribution in [0.2, 0.25) is 5.02 Å². The van der Waals surface area contributed by atoms with Crippen molar-refractivity contribution in [3.8, 4) is 0 Å². The average Bonchev–Trinajstić information content (AvgIpc) is 2.58. The number of pyridine rings is 1. The number of aliphatic hydroxyl groups excluding tert-OH is 2. The molecule has 2 N–H and O–H groups in total. The summed E-state index contributed by atoms with van der Waals surface area (Å²) in [6.45, 7) is 0.238. The van der Waals surface area contributed by atoms with Crippen molar-refractivity contribution in [1.82, 2.24) is 9.88 Å². The molecular weight excluding hydrogens is 232 g/mol. The van der Waals surface area contributed by atoms with E-state index in [0.717, 1.165) is 0 Å². The third-order valence-corrected chi connectivity index (χ3v) is 2.72. The minimum atomic E-state index is -0.886. The molecule has 1 saturated heterocycles. The van der Waals surface area contributed by atoms with Crippen molar-refractivity contribution in [3.63, 3.8) is 0 Å². The van der Waals surface area contributed by atoms with E-state index in [1.165, 1.54) is 17.2 Å². The first-order chi connectivity index (χ1) is 7.58. The first kappa shape index (κ1) is 11.3. The molecule has 0 radical (unpaired) electrons. The number of nitrogens with zero attached hydrogens (tertiary/aromatic N) is 2. The van der Waals surface area contributed by atoms with Gasteiger partial charge >= 0.3 is 0 Å². The number of rotatable bonds is 1. The number of likely N-dealkylation sites (tertiary alicyclic amines) is 1. The Morgan fingerprint density at radius 1 is 1.44 bits per heavy atom. The average molecular weight is 243 g/mol. The lowest BCUT2D eigenvalue weighted by Crippen LogP contribution is -2.30. The summed E-state index contributed by atoms with van der Waals surface area (Å²) >= 11 is 5.74. The van der Waals surface area contributed by atoms with Gasteiger partial charge in [-0.2, -0.15) is 0 Å². The van der Waals surface area contributed by atoms with Gasteiger partial charge in [-0.05, 0) is 12.1 Å². The quantitative estimate of drug-likeness (QED) is 0.722. The highest BCUT2D eigenvalue weighted by Gasteiger charge is 2.33. The SMILES string of the molecule is O=C(c1cc(Cl)ccn1)N1CC(O)C(O)C1. The highest BCUT2D eigenvalue weighted by molar-refractivity contribution is 6.30. The standard InChI is InChI=1S/C10H11ClN2O3/c11-6-1-2-12-7(3-6)10(16)13-4-8(14)9(15)5-13/h1-3,8-9,14-15H,4-5H2. The van der Waals surface area contributed by atoms with E-state index in [1.807, 2.05) is 0 Å². The zero-order valence-corrected chi connectivity index (χ0v) is 9.13. The van der Waals surface area contributed by atoms with Gasteiger partial charge in [-0.3, -0.25) is 9.78 Å². The van der Waals surface area contributed by atoms with Crippen molar-refractivity contribution in [2.75, 3.05) is 13.1 Å². The van der Waals surface area contributed by atoms with Gasteiger partial charge in [0.25, 0.3) is 5.91 Å². The predicted molar refractivity (Wildman–Crippen MR) is 57.2 cm³/mol. The summed E-state index contributed by atoms with van der Waals surface area (Å²) in [4.78, 5) is 17.1. The van der Waals surface area contributed by atoms with E-state index in [4.69, 9.17) is 11.6 Å². The summed E-state index contributed by atoms with van der Waals surface area (Å²) in [6.07, 6.45) is -0.329. The molecule has 16 heavy (non-hydrogen) atoms. The zero-order chi connectivity index (χ0) is 11.7. The number of carbonyl (C=O) groups excluding carboxylic acids is 1. The fourth-order valence-corrected chi connectivity index (χ4v) is 1.78. The first-order valence-corrected chi connectivity index (χ1v) is 5.22. The molecular formula is C10H11ClN2O3. The van der Waals surface area contributed by atoms with Crippen LogP contribution in [0.5, 0.6) is 0 Å². The molecule has 2 heterocycles. The molecule has 0 bridgehead atoms. The second-order valence-corrected chi connectivity index (χ2v) is 4.14. The second kappa shape index (κ2) is 4.37. The number of β-amino-alcohol motifs (C(OH)–C–C–N with tert-alkyl or cyclic N) is 2. The Hall–Kier alpha value is -1.17. The molecule has 5 nitrogen and oxygen atoms in total. The van der Waals surface area contributed by atoms with Crippen molar-refractivity contribution in [2.45, 2.75) is 12.2 Å². The number of hydrogen-bond acceptors (Lipinski definition) is 4. The molecule has 1 aliphatic rings. The molecule has 0 aliphatic carbocycles. The highest BCUT2D eigenvalue weighted by Crippen LogP contribution is 2.15. The molecule has 0 aromatic carbocycles. The van der Waals surface area contributed by atoms with E-state index in [2.05, 4.69) is 4.98 Å². The van der Waals surface area contributed by atoms with Gasteiger partial charge in [0.05, 0.1) is 12.2 Å². The van der Waals surface area contributed by atoms with Crippen molar-refractivity contribution in [2.24, 2.45) is 0 Å². The molecule has 1 aliphatic heterocycles. The summed E-state index contributed by atoms with van der Waals surface area (Å²) in [5, 5.41) is 19.1. The lowest BCUT2D eigenvalue weighted by Gasteiger charge is -2.14. The number of hydrogen-bond donors (Lipinski definition) is 2. The first-order valence-electron chi connectivity index (χ1n) is 4.85. The zero-order valence-electron chi connectivity index (χ0n) is 8.38. The molecule has 1 amide bonds. The molecule has 0 saturated carbocycles. The maximum absolute atomic E-state index is 11.9. The number of halogens is 1. The van der Waals surface area contributed by atoms with Crippen LogP contribution in [0, 0.1) is 0 Å². The summed E-state index contributed by atoms with van der Waals surface area (Å²) in [7, 11) is 0. The van der Waals surface area contributed by atoms with E-state index in [0.29, 0.717) is 5.02 Å². The van der Waals surface area contributed by atoms with E-state index < -0.39 is 12.2 Å². The van der Waals surface area contributed by atoms with Crippen LogP contribution in [-0.2, 0) is 0 Å². The third kappa shape index (κ3) is 2.16. The fraction of sp³-hybridized carbons (Fsp3) is 0.400. The summed E-state index contributed by atoms with van der Waals surface area (Å²) in [6, 6.07) is 3.03. The maximum atomic E-state index is 11.9. The van der Waals surface area contributed by atoms with Crippen LogP contribution in [0.15, 0.2) is 18.3 Å². The molecule has 86 valence electrons. The Morgan fingerprint density at radius 3 is 2.62 bits per heavy atom. The Labute approximate surface area is 97.3 Å². The van der Waals surface area contributed by atoms with Crippen LogP contribution in [0.3, 0.4) is 0 Å². The van der Waals surface area contributed by atoms with Gasteiger partial charge in [0, 0.05) is 24.3 Å². The highest BCUT2D eigenvalue weighted by atomic mass is 35.5. The summed E-state index contributed by atoms with van der Waals surface area (Å²) in [5.74, 6) is -0.335. The van der Waals surface area contributed by atoms with Gasteiger partial charge in [-0.15, -0.1) is 0 Å². The van der Waals surface area contributed by atoms with Crippen molar-refractivity contribution in [3.05, 3.63) is 29.0 Å². The van der Waals surface area contributed by atoms with Gasteiger partial charge in [0.15, 0.2) is 0 Å². The monoisotopic (exact) mass is 242 g/mol. The van der Waals surface area contributed by atoms with Crippen LogP contribution in [-0.4, -0.2) is 51.3 Å². The number of aromatic nitrogens is 1. The van der Waals surface area contributed by atoms with Gasteiger partial charge in [-0.1, -0.05) is 11.6 Å². The van der Waals surface area contributed by atoms with Crippen LogP contribution in [0.25, 0.3) is 0 Å². The van der Waals surface area contributed by atoms with E-state index in [1.54, 1.807) is 6.07 Å². The van der Waals surface area contributed by atoms with Gasteiger partial charge < -0.3 is 15.1 Å². The summed E-state index contributed by atoms with van der Waals surface area (Å²) in [5.41, 5.74) is 0.216. The Morgan fingerprint density at radius 2 is 2.06 bits per heavy atom. The maximum Gasteiger partial charge on any atom is 0.272 e. The summed E-state index contributed by atoms with van der Waals surface area (Å²) < 4.78 is 0. The van der Waals surface area contributed by atoms with E-state index in [9.17, 15) is 15.0 Å². The second-order valence-electron chi connectivity index (χ2n) is 3.70. The molecule has 6 heteroatoms. The molecule has 0 spiro atoms. The molecule has 1 aromatic rings. The predicted octanol–water partition coefficient (Wildman–Crippen LogP) is -0.0874. The molecule has 2 rings (SSSR count). The molecule has 2 unspecified atom stereocenters. The third-order valence-electron chi connectivity index (χ3n) is 2.49. The number of aliphatic hydroxyl groups is 2. The van der Waals surface area contributed by atoms with Crippen LogP contribution in [0.4, 0.5) is 0 Å². The lowest BCUT2D eigenvalue weighted by molar-refractivity contribution is 0.0572. The molecule has 2 atom stereocenters. The van der Waals surface area contributed by atoms with Gasteiger partial charge in [0.2, 0.25) is 0 Å². The number of amides is 1. The Balaban J connectivity index is 2.14. The molecule has 1 fully saturated rings. The smallest absolute Gasteiger partial charge is 0.272 e. The van der Waals surface area contributed by atoms with Crippen molar-refractivity contribution < 1.29 is 15.0 Å². The van der Waals surface area contributed by atoms with E-state index >= 15 is 0 Å². The Bertz CT molecular complexity index is 403. The minimum absolute atomic E-state index is 0.119. The van der Waals surface area contributed by atoms with Gasteiger partial charge in [-0.25, -0.2) is 0 Å².